The molecule has 6 heteroatoms. The highest BCUT2D eigenvalue weighted by molar-refractivity contribution is 5.91. The quantitative estimate of drug-likeness (QED) is 0.832. The van der Waals surface area contributed by atoms with Crippen LogP contribution in [0.15, 0.2) is 46.9 Å². The zero-order chi connectivity index (χ0) is 17.8. The second-order valence-corrected chi connectivity index (χ2v) is 6.85. The van der Waals surface area contributed by atoms with Crippen molar-refractivity contribution in [3.63, 3.8) is 0 Å². The minimum atomic E-state index is -0.198. The Labute approximate surface area is 152 Å². The van der Waals surface area contributed by atoms with E-state index >= 15 is 0 Å². The first-order chi connectivity index (χ1) is 12.8. The summed E-state index contributed by atoms with van der Waals surface area (Å²) in [5.74, 6) is 1.06. The molecule has 2 fully saturated rings. The molecule has 2 aromatic rings. The van der Waals surface area contributed by atoms with Gasteiger partial charge in [-0.2, -0.15) is 0 Å². The SMILES string of the molecule is O=C(NC1CCC1NC1CCOCC1)c1ccc(Oc2ccccc2)o1. The summed E-state index contributed by atoms with van der Waals surface area (Å²) in [6.45, 7) is 1.63. The maximum absolute atomic E-state index is 12.4. The van der Waals surface area contributed by atoms with Crippen molar-refractivity contribution in [2.75, 3.05) is 13.2 Å². The minimum Gasteiger partial charge on any atom is -0.426 e. The zero-order valence-corrected chi connectivity index (χ0v) is 14.6. The van der Waals surface area contributed by atoms with Crippen molar-refractivity contribution in [1.82, 2.24) is 10.6 Å². The first-order valence-electron chi connectivity index (χ1n) is 9.25. The van der Waals surface area contributed by atoms with Crippen molar-refractivity contribution in [3.05, 3.63) is 48.2 Å². The Bertz CT molecular complexity index is 724. The highest BCUT2D eigenvalue weighted by atomic mass is 16.6. The number of para-hydroxylation sites is 1. The Morgan fingerprint density at radius 3 is 2.46 bits per heavy atom. The third-order valence-electron chi connectivity index (χ3n) is 5.03. The summed E-state index contributed by atoms with van der Waals surface area (Å²) in [6.07, 6.45) is 4.15. The van der Waals surface area contributed by atoms with Gasteiger partial charge in [-0.05, 0) is 43.9 Å². The van der Waals surface area contributed by atoms with E-state index in [1.807, 2.05) is 30.3 Å². The smallest absolute Gasteiger partial charge is 0.290 e. The largest absolute Gasteiger partial charge is 0.426 e. The third-order valence-corrected chi connectivity index (χ3v) is 5.03. The lowest BCUT2D eigenvalue weighted by molar-refractivity contribution is 0.0647. The number of ether oxygens (including phenoxy) is 2. The first-order valence-corrected chi connectivity index (χ1v) is 9.25. The lowest BCUT2D eigenvalue weighted by Gasteiger charge is -2.40. The number of amides is 1. The van der Waals surface area contributed by atoms with E-state index in [0.29, 0.717) is 23.8 Å². The standard InChI is InChI=1S/C20H24N2O4/c23-20(18-8-9-19(26-18)25-15-4-2-1-3-5-15)22-17-7-6-16(17)21-14-10-12-24-13-11-14/h1-5,8-9,14,16-17,21H,6-7,10-13H2,(H,22,23). The lowest BCUT2D eigenvalue weighted by Crippen LogP contribution is -2.59. The van der Waals surface area contributed by atoms with Crippen LogP contribution in [-0.2, 0) is 4.74 Å². The zero-order valence-electron chi connectivity index (χ0n) is 14.6. The second kappa shape index (κ2) is 7.93. The van der Waals surface area contributed by atoms with Crippen LogP contribution in [0.2, 0.25) is 0 Å². The fraction of sp³-hybridized carbons (Fsp3) is 0.450. The molecule has 1 saturated carbocycles. The monoisotopic (exact) mass is 356 g/mol. The number of carbonyl (C=O) groups is 1. The van der Waals surface area contributed by atoms with Gasteiger partial charge >= 0.3 is 0 Å². The number of benzene rings is 1. The molecule has 1 aromatic carbocycles. The summed E-state index contributed by atoms with van der Waals surface area (Å²) in [5, 5.41) is 6.72. The fourth-order valence-corrected chi connectivity index (χ4v) is 3.38. The average Bonchev–Trinajstić information content (AvgIpc) is 3.13. The molecule has 2 atom stereocenters. The fourth-order valence-electron chi connectivity index (χ4n) is 3.38. The van der Waals surface area contributed by atoms with Crippen LogP contribution in [0.25, 0.3) is 0 Å². The molecule has 0 bridgehead atoms. The first kappa shape index (κ1) is 17.1. The number of nitrogens with one attached hydrogen (secondary N) is 2. The Balaban J connectivity index is 1.29. The van der Waals surface area contributed by atoms with Gasteiger partial charge < -0.3 is 24.5 Å². The molecular weight excluding hydrogens is 332 g/mol. The van der Waals surface area contributed by atoms with Crippen LogP contribution in [0.5, 0.6) is 11.7 Å². The molecule has 0 radical (unpaired) electrons. The molecular formula is C20H24N2O4. The van der Waals surface area contributed by atoms with Crippen molar-refractivity contribution in [2.45, 2.75) is 43.8 Å². The van der Waals surface area contributed by atoms with E-state index in [4.69, 9.17) is 13.9 Å². The van der Waals surface area contributed by atoms with Crippen LogP contribution >= 0.6 is 0 Å². The highest BCUT2D eigenvalue weighted by Gasteiger charge is 2.34. The Hall–Kier alpha value is -2.31. The van der Waals surface area contributed by atoms with Crippen LogP contribution in [0.4, 0.5) is 0 Å². The van der Waals surface area contributed by atoms with Gasteiger partial charge in [0.25, 0.3) is 11.9 Å². The summed E-state index contributed by atoms with van der Waals surface area (Å²) in [6, 6.07) is 13.6. The summed E-state index contributed by atoms with van der Waals surface area (Å²) < 4.78 is 16.5. The predicted octanol–water partition coefficient (Wildman–Crippen LogP) is 3.10. The minimum absolute atomic E-state index is 0.147. The lowest BCUT2D eigenvalue weighted by atomic mass is 9.85. The van der Waals surface area contributed by atoms with Crippen LogP contribution in [0, 0.1) is 0 Å². The van der Waals surface area contributed by atoms with E-state index < -0.39 is 0 Å². The van der Waals surface area contributed by atoms with Gasteiger partial charge in [-0.25, -0.2) is 0 Å². The number of rotatable bonds is 6. The summed E-state index contributed by atoms with van der Waals surface area (Å²) >= 11 is 0. The van der Waals surface area contributed by atoms with E-state index in [2.05, 4.69) is 10.6 Å². The van der Waals surface area contributed by atoms with Crippen LogP contribution in [-0.4, -0.2) is 37.2 Å². The molecule has 1 aromatic heterocycles. The maximum Gasteiger partial charge on any atom is 0.290 e. The number of carbonyl (C=O) groups excluding carboxylic acids is 1. The molecule has 2 heterocycles. The Kier molecular flexibility index (Phi) is 5.22. The molecule has 1 aliphatic carbocycles. The Morgan fingerprint density at radius 1 is 0.962 bits per heavy atom. The molecule has 1 saturated heterocycles. The molecule has 4 rings (SSSR count). The molecule has 26 heavy (non-hydrogen) atoms. The third kappa shape index (κ3) is 4.08. The van der Waals surface area contributed by atoms with Gasteiger partial charge in [0, 0.05) is 37.4 Å². The molecule has 6 nitrogen and oxygen atoms in total. The van der Waals surface area contributed by atoms with Crippen molar-refractivity contribution >= 4 is 5.91 Å². The van der Waals surface area contributed by atoms with Gasteiger partial charge in [-0.3, -0.25) is 4.79 Å². The van der Waals surface area contributed by atoms with Gasteiger partial charge in [0.05, 0.1) is 0 Å². The molecule has 2 unspecified atom stereocenters. The number of furan rings is 1. The van der Waals surface area contributed by atoms with Crippen molar-refractivity contribution < 1.29 is 18.7 Å². The number of hydrogen-bond donors (Lipinski definition) is 2. The van der Waals surface area contributed by atoms with Crippen molar-refractivity contribution in [3.8, 4) is 11.7 Å². The molecule has 1 aliphatic heterocycles. The van der Waals surface area contributed by atoms with Crippen LogP contribution in [0.3, 0.4) is 0 Å². The summed E-state index contributed by atoms with van der Waals surface area (Å²) in [5.41, 5.74) is 0. The van der Waals surface area contributed by atoms with E-state index in [1.54, 1.807) is 12.1 Å². The molecule has 138 valence electrons. The highest BCUT2D eigenvalue weighted by Crippen LogP contribution is 2.25. The summed E-state index contributed by atoms with van der Waals surface area (Å²) in [7, 11) is 0. The molecule has 2 aliphatic rings. The normalized spacial score (nSPS) is 23.2. The van der Waals surface area contributed by atoms with Gasteiger partial charge in [0.2, 0.25) is 0 Å². The molecule has 1 amide bonds. The van der Waals surface area contributed by atoms with E-state index in [0.717, 1.165) is 38.9 Å². The van der Waals surface area contributed by atoms with Gasteiger partial charge in [-0.1, -0.05) is 18.2 Å². The molecule has 2 N–H and O–H groups in total. The number of hydrogen-bond acceptors (Lipinski definition) is 5. The molecule has 0 spiro atoms. The van der Waals surface area contributed by atoms with Gasteiger partial charge in [-0.15, -0.1) is 0 Å². The predicted molar refractivity (Wildman–Crippen MR) is 96.5 cm³/mol. The van der Waals surface area contributed by atoms with E-state index in [9.17, 15) is 4.79 Å². The topological polar surface area (TPSA) is 72.7 Å². The van der Waals surface area contributed by atoms with Gasteiger partial charge in [0.1, 0.15) is 5.75 Å². The average molecular weight is 356 g/mol. The van der Waals surface area contributed by atoms with Crippen LogP contribution in [0.1, 0.15) is 36.2 Å². The van der Waals surface area contributed by atoms with E-state index in [1.165, 1.54) is 0 Å². The van der Waals surface area contributed by atoms with Crippen molar-refractivity contribution in [2.24, 2.45) is 0 Å². The maximum atomic E-state index is 12.4. The van der Waals surface area contributed by atoms with Gasteiger partial charge in [0.15, 0.2) is 5.76 Å². The van der Waals surface area contributed by atoms with E-state index in [-0.39, 0.29) is 17.7 Å². The van der Waals surface area contributed by atoms with Crippen LogP contribution < -0.4 is 15.4 Å². The Morgan fingerprint density at radius 2 is 1.73 bits per heavy atom. The summed E-state index contributed by atoms with van der Waals surface area (Å²) in [4.78, 5) is 12.4. The van der Waals surface area contributed by atoms with Crippen molar-refractivity contribution in [1.29, 1.82) is 0 Å². The second-order valence-electron chi connectivity index (χ2n) is 6.85.